The first-order valence-corrected chi connectivity index (χ1v) is 4.97. The van der Waals surface area contributed by atoms with Crippen molar-refractivity contribution in [2.45, 2.75) is 6.92 Å². The second-order valence-electron chi connectivity index (χ2n) is 3.36. The molecular weight excluding hydrogens is 224 g/mol. The molecule has 0 aliphatic heterocycles. The predicted octanol–water partition coefficient (Wildman–Crippen LogP) is 1.33. The van der Waals surface area contributed by atoms with Gasteiger partial charge in [-0.25, -0.2) is 9.59 Å². The van der Waals surface area contributed by atoms with Crippen LogP contribution in [0.1, 0.15) is 15.9 Å². The fraction of sp³-hybridized carbons (Fsp3) is 0.333. The minimum absolute atomic E-state index is 0.246. The van der Waals surface area contributed by atoms with Crippen LogP contribution in [0.15, 0.2) is 18.2 Å². The van der Waals surface area contributed by atoms with Gasteiger partial charge in [-0.1, -0.05) is 11.6 Å². The molecule has 0 aliphatic rings. The highest BCUT2D eigenvalue weighted by atomic mass is 16.6. The number of hydrogen-bond donors (Lipinski definition) is 0. The standard InChI is InChI=1S/C12H14O5/c1-8-4-5-10(17-7-11(13)15-2)9(6-8)12(14)16-3/h4-6H,7H2,1-3H3. The number of carbonyl (C=O) groups is 2. The van der Waals surface area contributed by atoms with Gasteiger partial charge in [0.05, 0.1) is 14.2 Å². The second kappa shape index (κ2) is 5.89. The Hall–Kier alpha value is -2.04. The maximum absolute atomic E-state index is 11.5. The number of esters is 2. The smallest absolute Gasteiger partial charge is 0.343 e. The summed E-state index contributed by atoms with van der Waals surface area (Å²) in [7, 11) is 2.55. The van der Waals surface area contributed by atoms with Gasteiger partial charge in [-0.3, -0.25) is 0 Å². The summed E-state index contributed by atoms with van der Waals surface area (Å²) in [4.78, 5) is 22.4. The quantitative estimate of drug-likeness (QED) is 0.740. The molecule has 0 radical (unpaired) electrons. The molecule has 0 spiro atoms. The van der Waals surface area contributed by atoms with Crippen LogP contribution >= 0.6 is 0 Å². The van der Waals surface area contributed by atoms with Crippen LogP contribution in [0, 0.1) is 6.92 Å². The molecule has 1 aromatic carbocycles. The van der Waals surface area contributed by atoms with Gasteiger partial charge < -0.3 is 14.2 Å². The SMILES string of the molecule is COC(=O)COc1ccc(C)cc1C(=O)OC. The summed E-state index contributed by atoms with van der Waals surface area (Å²) in [5.74, 6) is -0.720. The van der Waals surface area contributed by atoms with E-state index in [9.17, 15) is 9.59 Å². The van der Waals surface area contributed by atoms with Crippen molar-refractivity contribution in [3.05, 3.63) is 29.3 Å². The van der Waals surface area contributed by atoms with E-state index in [4.69, 9.17) is 4.74 Å². The number of hydrogen-bond acceptors (Lipinski definition) is 5. The Bertz CT molecular complexity index is 425. The van der Waals surface area contributed by atoms with Gasteiger partial charge in [-0.05, 0) is 19.1 Å². The maximum atomic E-state index is 11.5. The lowest BCUT2D eigenvalue weighted by Crippen LogP contribution is -2.14. The largest absolute Gasteiger partial charge is 0.481 e. The molecule has 0 N–H and O–H groups in total. The molecule has 0 unspecified atom stereocenters. The lowest BCUT2D eigenvalue weighted by molar-refractivity contribution is -0.142. The van der Waals surface area contributed by atoms with Gasteiger partial charge in [0.1, 0.15) is 11.3 Å². The summed E-state index contributed by atoms with van der Waals surface area (Å²) in [5, 5.41) is 0. The molecule has 0 bridgehead atoms. The first kappa shape index (κ1) is 13.0. The summed E-state index contributed by atoms with van der Waals surface area (Å²) >= 11 is 0. The van der Waals surface area contributed by atoms with Crippen molar-refractivity contribution in [3.63, 3.8) is 0 Å². The summed E-state index contributed by atoms with van der Waals surface area (Å²) in [6.07, 6.45) is 0. The lowest BCUT2D eigenvalue weighted by atomic mass is 10.1. The molecule has 5 heteroatoms. The molecule has 17 heavy (non-hydrogen) atoms. The van der Waals surface area contributed by atoms with Crippen molar-refractivity contribution in [2.75, 3.05) is 20.8 Å². The molecule has 92 valence electrons. The zero-order valence-corrected chi connectivity index (χ0v) is 9.98. The third-order valence-electron chi connectivity index (χ3n) is 2.11. The summed E-state index contributed by atoms with van der Waals surface area (Å²) in [6, 6.07) is 5.03. The van der Waals surface area contributed by atoms with E-state index in [1.165, 1.54) is 14.2 Å². The lowest BCUT2D eigenvalue weighted by Gasteiger charge is -2.09. The summed E-state index contributed by atoms with van der Waals surface area (Å²) in [6.45, 7) is 1.60. The molecule has 0 saturated carbocycles. The molecule has 1 aromatic rings. The molecule has 0 saturated heterocycles. The van der Waals surface area contributed by atoms with E-state index in [0.717, 1.165) is 5.56 Å². The molecule has 5 nitrogen and oxygen atoms in total. The molecular formula is C12H14O5. The normalized spacial score (nSPS) is 9.59. The minimum atomic E-state index is -0.513. The van der Waals surface area contributed by atoms with Crippen LogP contribution in [0.4, 0.5) is 0 Å². The number of rotatable bonds is 4. The van der Waals surface area contributed by atoms with Crippen molar-refractivity contribution in [3.8, 4) is 5.75 Å². The molecule has 0 atom stereocenters. The Morgan fingerprint density at radius 2 is 1.88 bits per heavy atom. The van der Waals surface area contributed by atoms with Gasteiger partial charge in [-0.2, -0.15) is 0 Å². The van der Waals surface area contributed by atoms with Crippen LogP contribution in [-0.4, -0.2) is 32.8 Å². The molecule has 0 aromatic heterocycles. The van der Waals surface area contributed by atoms with Crippen LogP contribution in [0.2, 0.25) is 0 Å². The molecule has 0 heterocycles. The van der Waals surface area contributed by atoms with Gasteiger partial charge in [0.25, 0.3) is 0 Å². The van der Waals surface area contributed by atoms with Crippen LogP contribution < -0.4 is 4.74 Å². The van der Waals surface area contributed by atoms with Gasteiger partial charge in [0.15, 0.2) is 6.61 Å². The highest BCUT2D eigenvalue weighted by Crippen LogP contribution is 2.20. The molecule has 0 fully saturated rings. The van der Waals surface area contributed by atoms with E-state index >= 15 is 0 Å². The number of carbonyl (C=O) groups excluding carboxylic acids is 2. The monoisotopic (exact) mass is 238 g/mol. The average molecular weight is 238 g/mol. The number of benzene rings is 1. The Kier molecular flexibility index (Phi) is 4.51. The van der Waals surface area contributed by atoms with Crippen LogP contribution in [0.5, 0.6) is 5.75 Å². The third-order valence-corrected chi connectivity index (χ3v) is 2.11. The first-order chi connectivity index (χ1) is 8.08. The van der Waals surface area contributed by atoms with E-state index in [1.54, 1.807) is 18.2 Å². The highest BCUT2D eigenvalue weighted by molar-refractivity contribution is 5.92. The topological polar surface area (TPSA) is 61.8 Å². The van der Waals surface area contributed by atoms with E-state index in [-0.39, 0.29) is 12.2 Å². The summed E-state index contributed by atoms with van der Waals surface area (Å²) in [5.41, 5.74) is 1.19. The number of aryl methyl sites for hydroxylation is 1. The second-order valence-corrected chi connectivity index (χ2v) is 3.36. The molecule has 1 rings (SSSR count). The summed E-state index contributed by atoms with van der Waals surface area (Å²) < 4.78 is 14.3. The fourth-order valence-corrected chi connectivity index (χ4v) is 1.23. The Balaban J connectivity index is 2.90. The van der Waals surface area contributed by atoms with Crippen molar-refractivity contribution in [1.29, 1.82) is 0 Å². The van der Waals surface area contributed by atoms with Crippen molar-refractivity contribution in [2.24, 2.45) is 0 Å². The number of methoxy groups -OCH3 is 2. The minimum Gasteiger partial charge on any atom is -0.481 e. The van der Waals surface area contributed by atoms with E-state index in [1.807, 2.05) is 6.92 Å². The highest BCUT2D eigenvalue weighted by Gasteiger charge is 2.14. The van der Waals surface area contributed by atoms with Crippen molar-refractivity contribution in [1.82, 2.24) is 0 Å². The van der Waals surface area contributed by atoms with E-state index < -0.39 is 11.9 Å². The molecule has 0 aliphatic carbocycles. The van der Waals surface area contributed by atoms with Crippen LogP contribution in [0.25, 0.3) is 0 Å². The fourth-order valence-electron chi connectivity index (χ4n) is 1.23. The van der Waals surface area contributed by atoms with Crippen LogP contribution in [0.3, 0.4) is 0 Å². The van der Waals surface area contributed by atoms with Gasteiger partial charge in [0, 0.05) is 0 Å². The zero-order chi connectivity index (χ0) is 12.8. The Morgan fingerprint density at radius 3 is 2.47 bits per heavy atom. The Labute approximate surface area is 99.3 Å². The average Bonchev–Trinajstić information content (AvgIpc) is 2.35. The first-order valence-electron chi connectivity index (χ1n) is 4.97. The van der Waals surface area contributed by atoms with Gasteiger partial charge in [0.2, 0.25) is 0 Å². The van der Waals surface area contributed by atoms with Crippen LogP contribution in [-0.2, 0) is 14.3 Å². The van der Waals surface area contributed by atoms with Crippen molar-refractivity contribution >= 4 is 11.9 Å². The third kappa shape index (κ3) is 3.48. The van der Waals surface area contributed by atoms with Gasteiger partial charge >= 0.3 is 11.9 Å². The predicted molar refractivity (Wildman–Crippen MR) is 60.0 cm³/mol. The van der Waals surface area contributed by atoms with E-state index in [0.29, 0.717) is 5.75 Å². The van der Waals surface area contributed by atoms with Gasteiger partial charge in [-0.15, -0.1) is 0 Å². The maximum Gasteiger partial charge on any atom is 0.343 e. The van der Waals surface area contributed by atoms with Crippen molar-refractivity contribution < 1.29 is 23.8 Å². The number of ether oxygens (including phenoxy) is 3. The zero-order valence-electron chi connectivity index (χ0n) is 9.98. The van der Waals surface area contributed by atoms with E-state index in [2.05, 4.69) is 9.47 Å². The Morgan fingerprint density at radius 1 is 1.18 bits per heavy atom. The molecule has 0 amide bonds.